The van der Waals surface area contributed by atoms with Crippen molar-refractivity contribution in [3.63, 3.8) is 0 Å². The molecule has 0 aromatic rings. The number of esters is 1. The molecule has 1 atom stereocenters. The molecule has 0 rings (SSSR count). The molecule has 0 aromatic heterocycles. The maximum atomic E-state index is 11.5. The first-order valence-corrected chi connectivity index (χ1v) is 7.37. The molecule has 0 saturated heterocycles. The Morgan fingerprint density at radius 1 is 1.10 bits per heavy atom. The average Bonchev–Trinajstić information content (AvgIpc) is 2.35. The van der Waals surface area contributed by atoms with Crippen LogP contribution in [0.5, 0.6) is 0 Å². The van der Waals surface area contributed by atoms with Crippen LogP contribution in [0.15, 0.2) is 0 Å². The van der Waals surface area contributed by atoms with Crippen LogP contribution in [-0.4, -0.2) is 41.5 Å². The zero-order valence-corrected chi connectivity index (χ0v) is 13.6. The van der Waals surface area contributed by atoms with Gasteiger partial charge in [-0.25, -0.2) is 14.4 Å². The van der Waals surface area contributed by atoms with Crippen molar-refractivity contribution in [3.05, 3.63) is 0 Å². The van der Waals surface area contributed by atoms with Crippen molar-refractivity contribution < 1.29 is 23.9 Å². The molecule has 0 aliphatic rings. The van der Waals surface area contributed by atoms with Gasteiger partial charge in [0.25, 0.3) is 0 Å². The first kappa shape index (κ1) is 18.6. The van der Waals surface area contributed by atoms with Crippen LogP contribution in [0, 0.1) is 5.92 Å². The van der Waals surface area contributed by atoms with E-state index >= 15 is 0 Å². The van der Waals surface area contributed by atoms with E-state index < -0.39 is 30.0 Å². The van der Waals surface area contributed by atoms with Gasteiger partial charge in [0.2, 0.25) is 5.91 Å². The summed E-state index contributed by atoms with van der Waals surface area (Å²) in [5.74, 6) is -0.978. The molecule has 0 aliphatic heterocycles. The van der Waals surface area contributed by atoms with Gasteiger partial charge in [-0.15, -0.1) is 0 Å². The van der Waals surface area contributed by atoms with Crippen molar-refractivity contribution in [2.24, 2.45) is 5.92 Å². The quantitative estimate of drug-likeness (QED) is 0.355. The lowest BCUT2D eigenvalue weighted by molar-refractivity contribution is -0.143. The topological polar surface area (TPSA) is 114 Å². The number of hydrogen-bond acceptors (Lipinski definition) is 5. The normalized spacial score (nSPS) is 11.4. The van der Waals surface area contributed by atoms with E-state index in [-0.39, 0.29) is 10.3 Å². The summed E-state index contributed by atoms with van der Waals surface area (Å²) < 4.78 is 4.65. The fourth-order valence-corrected chi connectivity index (χ4v) is 1.51. The SMILES string of the molecule is COC(=O)[C@H](CC(C)C)NC(=O)NC(=O)NC(=O)CI. The molecule has 0 fully saturated rings. The Morgan fingerprint density at radius 2 is 1.70 bits per heavy atom. The standard InChI is InChI=1S/C11H18IN3O5/c1-6(2)4-7(9(17)20-3)13-10(18)15-11(19)14-8(16)5-12/h6-7H,4-5H2,1-3H3,(H3,13,14,15,16,18,19)/t7-/m0/s1. The van der Waals surface area contributed by atoms with Crippen molar-refractivity contribution in [1.82, 2.24) is 16.0 Å². The smallest absolute Gasteiger partial charge is 0.329 e. The maximum absolute atomic E-state index is 11.5. The number of amides is 5. The fourth-order valence-electron chi connectivity index (χ4n) is 1.32. The number of halogens is 1. The Bertz CT molecular complexity index is 386. The van der Waals surface area contributed by atoms with Gasteiger partial charge in [-0.3, -0.25) is 15.4 Å². The lowest BCUT2D eigenvalue weighted by Gasteiger charge is -2.18. The summed E-state index contributed by atoms with van der Waals surface area (Å²) in [4.78, 5) is 45.2. The molecule has 0 aromatic carbocycles. The first-order chi connectivity index (χ1) is 9.29. The zero-order valence-electron chi connectivity index (χ0n) is 11.5. The molecule has 8 nitrogen and oxygen atoms in total. The van der Waals surface area contributed by atoms with Crippen LogP contribution in [0.25, 0.3) is 0 Å². The summed E-state index contributed by atoms with van der Waals surface area (Å²) in [5.41, 5.74) is 0. The molecule has 0 saturated carbocycles. The molecule has 0 heterocycles. The summed E-state index contributed by atoms with van der Waals surface area (Å²) >= 11 is 1.77. The summed E-state index contributed by atoms with van der Waals surface area (Å²) in [6, 6.07) is -2.68. The van der Waals surface area contributed by atoms with E-state index in [0.717, 1.165) is 0 Å². The van der Waals surface area contributed by atoms with Crippen LogP contribution in [0.1, 0.15) is 20.3 Å². The van der Waals surface area contributed by atoms with Gasteiger partial charge < -0.3 is 10.1 Å². The molecule has 3 N–H and O–H groups in total. The molecule has 20 heavy (non-hydrogen) atoms. The molecule has 0 bridgehead atoms. The van der Waals surface area contributed by atoms with Crippen LogP contribution < -0.4 is 16.0 Å². The van der Waals surface area contributed by atoms with Gasteiger partial charge in [-0.1, -0.05) is 36.4 Å². The third-order valence-electron chi connectivity index (χ3n) is 2.10. The number of imide groups is 2. The van der Waals surface area contributed by atoms with Crippen molar-refractivity contribution in [1.29, 1.82) is 0 Å². The van der Waals surface area contributed by atoms with Crippen molar-refractivity contribution >= 4 is 46.5 Å². The van der Waals surface area contributed by atoms with E-state index in [1.165, 1.54) is 7.11 Å². The average molecular weight is 399 g/mol. The van der Waals surface area contributed by atoms with Gasteiger partial charge in [0.1, 0.15) is 6.04 Å². The molecule has 9 heteroatoms. The Hall–Kier alpha value is -1.39. The largest absolute Gasteiger partial charge is 0.467 e. The van der Waals surface area contributed by atoms with Crippen LogP contribution >= 0.6 is 22.6 Å². The van der Waals surface area contributed by atoms with E-state index in [2.05, 4.69) is 10.1 Å². The predicted octanol–water partition coefficient (Wildman–Crippen LogP) is 0.545. The monoisotopic (exact) mass is 399 g/mol. The Balaban J connectivity index is 4.42. The lowest BCUT2D eigenvalue weighted by Crippen LogP contribution is -2.51. The van der Waals surface area contributed by atoms with E-state index in [0.29, 0.717) is 6.42 Å². The molecular weight excluding hydrogens is 381 g/mol. The second kappa shape index (κ2) is 9.50. The van der Waals surface area contributed by atoms with Gasteiger partial charge in [-0.05, 0) is 12.3 Å². The minimum atomic E-state index is -0.947. The minimum Gasteiger partial charge on any atom is -0.467 e. The number of carbonyl (C=O) groups is 4. The van der Waals surface area contributed by atoms with E-state index in [4.69, 9.17) is 0 Å². The Morgan fingerprint density at radius 3 is 2.15 bits per heavy atom. The van der Waals surface area contributed by atoms with Crippen LogP contribution in [0.4, 0.5) is 9.59 Å². The molecule has 0 spiro atoms. The zero-order chi connectivity index (χ0) is 15.7. The van der Waals surface area contributed by atoms with Crippen molar-refractivity contribution in [2.75, 3.05) is 11.5 Å². The summed E-state index contributed by atoms with van der Waals surface area (Å²) in [7, 11) is 1.21. The van der Waals surface area contributed by atoms with E-state index in [1.807, 2.05) is 24.5 Å². The number of hydrogen-bond donors (Lipinski definition) is 3. The number of nitrogens with one attached hydrogen (secondary N) is 3. The number of alkyl halides is 1. The van der Waals surface area contributed by atoms with Gasteiger partial charge in [0.15, 0.2) is 0 Å². The highest BCUT2D eigenvalue weighted by molar-refractivity contribution is 14.1. The number of carbonyl (C=O) groups excluding carboxylic acids is 4. The Kier molecular flexibility index (Phi) is 8.84. The summed E-state index contributed by atoms with van der Waals surface area (Å²) in [6.45, 7) is 3.75. The first-order valence-electron chi connectivity index (χ1n) is 5.85. The summed E-state index contributed by atoms with van der Waals surface area (Å²) in [6.07, 6.45) is 0.369. The molecule has 0 aliphatic carbocycles. The highest BCUT2D eigenvalue weighted by Crippen LogP contribution is 2.05. The third kappa shape index (κ3) is 7.92. The number of rotatable bonds is 5. The van der Waals surface area contributed by atoms with Crippen LogP contribution in [0.2, 0.25) is 0 Å². The van der Waals surface area contributed by atoms with E-state index in [1.54, 1.807) is 22.6 Å². The number of ether oxygens (including phenoxy) is 1. The van der Waals surface area contributed by atoms with Gasteiger partial charge in [0.05, 0.1) is 11.5 Å². The maximum Gasteiger partial charge on any atom is 0.329 e. The fraction of sp³-hybridized carbons (Fsp3) is 0.636. The van der Waals surface area contributed by atoms with Crippen molar-refractivity contribution in [2.45, 2.75) is 26.3 Å². The highest BCUT2D eigenvalue weighted by Gasteiger charge is 2.23. The lowest BCUT2D eigenvalue weighted by atomic mass is 10.0. The molecular formula is C11H18IN3O5. The second-order valence-electron chi connectivity index (χ2n) is 4.31. The van der Waals surface area contributed by atoms with Gasteiger partial charge in [0, 0.05) is 0 Å². The van der Waals surface area contributed by atoms with Crippen LogP contribution in [-0.2, 0) is 14.3 Å². The van der Waals surface area contributed by atoms with E-state index in [9.17, 15) is 19.2 Å². The Labute approximate surface area is 130 Å². The molecule has 0 radical (unpaired) electrons. The number of methoxy groups -OCH3 is 1. The highest BCUT2D eigenvalue weighted by atomic mass is 127. The summed E-state index contributed by atoms with van der Waals surface area (Å²) in [5, 5.41) is 6.16. The molecule has 5 amide bonds. The van der Waals surface area contributed by atoms with Gasteiger partial charge in [-0.2, -0.15) is 0 Å². The van der Waals surface area contributed by atoms with Crippen LogP contribution in [0.3, 0.4) is 0 Å². The third-order valence-corrected chi connectivity index (χ3v) is 2.79. The second-order valence-corrected chi connectivity index (χ2v) is 5.08. The van der Waals surface area contributed by atoms with Crippen molar-refractivity contribution in [3.8, 4) is 0 Å². The van der Waals surface area contributed by atoms with Gasteiger partial charge >= 0.3 is 18.0 Å². The molecule has 114 valence electrons. The minimum absolute atomic E-state index is 0.0882. The molecule has 0 unspecified atom stereocenters. The number of urea groups is 2. The predicted molar refractivity (Wildman–Crippen MR) is 79.4 cm³/mol.